The van der Waals surface area contributed by atoms with Gasteiger partial charge in [-0.3, -0.25) is 0 Å². The van der Waals surface area contributed by atoms with E-state index >= 15 is 0 Å². The van der Waals surface area contributed by atoms with E-state index in [-0.39, 0.29) is 6.79 Å². The third-order valence-electron chi connectivity index (χ3n) is 0.731. The van der Waals surface area contributed by atoms with Gasteiger partial charge in [-0.25, -0.2) is 9.78 Å². The first-order chi connectivity index (χ1) is 3.50. The highest BCUT2D eigenvalue weighted by atomic mass is 17.2. The molecule has 1 fully saturated rings. The van der Waals surface area contributed by atoms with Gasteiger partial charge in [0, 0.05) is 0 Å². The monoisotopic (exact) mass is 104 g/mol. The maximum atomic E-state index is 4.85. The maximum absolute atomic E-state index is 4.85. The molecule has 0 radical (unpaired) electrons. The molecule has 0 atom stereocenters. The Morgan fingerprint density at radius 2 is 2.00 bits per heavy atom. The van der Waals surface area contributed by atoms with Crippen LogP contribution in [-0.4, -0.2) is 20.0 Å². The highest BCUT2D eigenvalue weighted by molar-refractivity contribution is 4.30. The molecule has 0 unspecified atom stereocenters. The molecule has 0 aromatic heterocycles. The summed E-state index contributed by atoms with van der Waals surface area (Å²) in [6.45, 7) is 1.68. The van der Waals surface area contributed by atoms with Gasteiger partial charge in [0.15, 0.2) is 6.79 Å². The molecule has 0 aromatic carbocycles. The Kier molecular flexibility index (Phi) is 2.12. The van der Waals surface area contributed by atoms with Crippen LogP contribution in [0.4, 0.5) is 0 Å². The summed E-state index contributed by atoms with van der Waals surface area (Å²) >= 11 is 0. The van der Waals surface area contributed by atoms with Crippen LogP contribution >= 0.6 is 0 Å². The molecule has 0 aromatic rings. The van der Waals surface area contributed by atoms with Crippen molar-refractivity contribution in [1.29, 1.82) is 0 Å². The molecule has 7 heavy (non-hydrogen) atoms. The minimum Gasteiger partial charge on any atom is -0.352 e. The molecule has 1 rings (SSSR count). The lowest BCUT2D eigenvalue weighted by Crippen LogP contribution is -1.92. The minimum absolute atomic E-state index is 0.278. The fraction of sp³-hybridized carbons (Fsp3) is 1.00. The third-order valence-corrected chi connectivity index (χ3v) is 0.731. The lowest BCUT2D eigenvalue weighted by atomic mass is 10.5. The van der Waals surface area contributed by atoms with E-state index in [0.717, 1.165) is 13.0 Å². The minimum atomic E-state index is 0.278. The topological polar surface area (TPSA) is 27.7 Å². The predicted molar refractivity (Wildman–Crippen MR) is 22.5 cm³/mol. The van der Waals surface area contributed by atoms with Crippen LogP contribution in [0.1, 0.15) is 6.42 Å². The van der Waals surface area contributed by atoms with Gasteiger partial charge >= 0.3 is 0 Å². The molecule has 0 saturated carbocycles. The summed E-state index contributed by atoms with van der Waals surface area (Å²) in [7, 11) is 0. The van der Waals surface area contributed by atoms with Crippen LogP contribution in [0.2, 0.25) is 0 Å². The highest BCUT2D eigenvalue weighted by Crippen LogP contribution is 1.91. The normalized spacial score (nSPS) is 24.0. The number of hydrogen-bond donors (Lipinski definition) is 0. The average Bonchev–Trinajstić information content (AvgIpc) is 1.90. The Morgan fingerprint density at radius 1 is 1.00 bits per heavy atom. The summed E-state index contributed by atoms with van der Waals surface area (Å²) in [5.74, 6) is 0. The van der Waals surface area contributed by atoms with Gasteiger partial charge in [-0.2, -0.15) is 0 Å². The molecule has 0 aliphatic carbocycles. The van der Waals surface area contributed by atoms with E-state index in [1.165, 1.54) is 0 Å². The van der Waals surface area contributed by atoms with E-state index in [1.54, 1.807) is 0 Å². The Balaban J connectivity index is 2.04. The molecule has 1 aliphatic heterocycles. The number of ether oxygens (including phenoxy) is 1. The zero-order valence-electron chi connectivity index (χ0n) is 4.05. The quantitative estimate of drug-likeness (QED) is 0.414. The van der Waals surface area contributed by atoms with Crippen LogP contribution in [0.15, 0.2) is 0 Å². The first-order valence-corrected chi connectivity index (χ1v) is 2.32. The van der Waals surface area contributed by atoms with Gasteiger partial charge in [-0.15, -0.1) is 0 Å². The van der Waals surface area contributed by atoms with Crippen molar-refractivity contribution in [3.8, 4) is 0 Å². The third kappa shape index (κ3) is 1.87. The second-order valence-electron chi connectivity index (χ2n) is 1.32. The van der Waals surface area contributed by atoms with Crippen LogP contribution in [0.3, 0.4) is 0 Å². The van der Waals surface area contributed by atoms with Gasteiger partial charge in [0.1, 0.15) is 0 Å². The average molecular weight is 104 g/mol. The fourth-order valence-corrected chi connectivity index (χ4v) is 0.406. The first kappa shape index (κ1) is 5.03. The van der Waals surface area contributed by atoms with Crippen molar-refractivity contribution >= 4 is 0 Å². The van der Waals surface area contributed by atoms with E-state index < -0.39 is 0 Å². The molecule has 3 nitrogen and oxygen atoms in total. The summed E-state index contributed by atoms with van der Waals surface area (Å²) in [5.41, 5.74) is 0. The number of rotatable bonds is 0. The van der Waals surface area contributed by atoms with Gasteiger partial charge in [0.2, 0.25) is 0 Å². The van der Waals surface area contributed by atoms with E-state index in [0.29, 0.717) is 6.61 Å². The van der Waals surface area contributed by atoms with Crippen LogP contribution in [0.25, 0.3) is 0 Å². The summed E-state index contributed by atoms with van der Waals surface area (Å²) in [5, 5.41) is 0. The van der Waals surface area contributed by atoms with Crippen LogP contribution in [0, 0.1) is 0 Å². The van der Waals surface area contributed by atoms with Crippen molar-refractivity contribution < 1.29 is 14.5 Å². The van der Waals surface area contributed by atoms with Crippen molar-refractivity contribution in [2.24, 2.45) is 0 Å². The maximum Gasteiger partial charge on any atom is 0.180 e. The SMILES string of the molecule is C1COCOOC1. The van der Waals surface area contributed by atoms with Gasteiger partial charge in [-0.05, 0) is 6.42 Å². The summed E-state index contributed by atoms with van der Waals surface area (Å²) < 4.78 is 4.85. The predicted octanol–water partition coefficient (Wildman–Crippen LogP) is 0.312. The van der Waals surface area contributed by atoms with Gasteiger partial charge in [0.25, 0.3) is 0 Å². The molecule has 0 amide bonds. The molecule has 1 aliphatic rings. The van der Waals surface area contributed by atoms with E-state index in [4.69, 9.17) is 4.74 Å². The van der Waals surface area contributed by atoms with E-state index in [2.05, 4.69) is 9.78 Å². The van der Waals surface area contributed by atoms with Gasteiger partial charge in [-0.1, -0.05) is 0 Å². The van der Waals surface area contributed by atoms with Crippen LogP contribution < -0.4 is 0 Å². The highest BCUT2D eigenvalue weighted by Gasteiger charge is 1.95. The molecule has 1 saturated heterocycles. The zero-order chi connectivity index (χ0) is 4.95. The smallest absolute Gasteiger partial charge is 0.180 e. The van der Waals surface area contributed by atoms with Crippen molar-refractivity contribution in [2.45, 2.75) is 6.42 Å². The Morgan fingerprint density at radius 3 is 3.00 bits per heavy atom. The standard InChI is InChI=1S/C4H8O3/c1-2-5-4-7-6-3-1/h1-4H2. The summed E-state index contributed by atoms with van der Waals surface area (Å²) in [6.07, 6.45) is 0.931. The molecule has 42 valence electrons. The largest absolute Gasteiger partial charge is 0.352 e. The van der Waals surface area contributed by atoms with E-state index in [9.17, 15) is 0 Å². The molecule has 0 spiro atoms. The van der Waals surface area contributed by atoms with Crippen molar-refractivity contribution in [3.05, 3.63) is 0 Å². The number of hydrogen-bond acceptors (Lipinski definition) is 3. The molecule has 3 heteroatoms. The zero-order valence-corrected chi connectivity index (χ0v) is 4.05. The second-order valence-corrected chi connectivity index (χ2v) is 1.32. The summed E-state index contributed by atoms with van der Waals surface area (Å²) in [6, 6.07) is 0. The summed E-state index contributed by atoms with van der Waals surface area (Å²) in [4.78, 5) is 9.04. The van der Waals surface area contributed by atoms with Gasteiger partial charge in [0.05, 0.1) is 13.2 Å². The Hall–Kier alpha value is -0.120. The lowest BCUT2D eigenvalue weighted by Gasteiger charge is -1.92. The molecular weight excluding hydrogens is 96.0 g/mol. The second kappa shape index (κ2) is 2.96. The van der Waals surface area contributed by atoms with E-state index in [1.807, 2.05) is 0 Å². The van der Waals surface area contributed by atoms with Crippen molar-refractivity contribution in [1.82, 2.24) is 0 Å². The molecule has 1 heterocycles. The molecule has 0 bridgehead atoms. The Labute approximate surface area is 42.1 Å². The Bertz CT molecular complexity index is 26.5. The molecule has 0 N–H and O–H groups in total. The van der Waals surface area contributed by atoms with Crippen molar-refractivity contribution in [3.63, 3.8) is 0 Å². The van der Waals surface area contributed by atoms with Crippen LogP contribution in [-0.2, 0) is 14.5 Å². The van der Waals surface area contributed by atoms with Crippen LogP contribution in [0.5, 0.6) is 0 Å². The van der Waals surface area contributed by atoms with Crippen molar-refractivity contribution in [2.75, 3.05) is 20.0 Å². The molecular formula is C4H8O3. The lowest BCUT2D eigenvalue weighted by molar-refractivity contribution is -0.320. The van der Waals surface area contributed by atoms with Gasteiger partial charge < -0.3 is 4.74 Å². The fourth-order valence-electron chi connectivity index (χ4n) is 0.406. The first-order valence-electron chi connectivity index (χ1n) is 2.32.